The van der Waals surface area contributed by atoms with Gasteiger partial charge in [-0.25, -0.2) is 0 Å². The SMILES string of the molecule is CCC1CC(C#N)(c2ccccn2)C1. The third-order valence-corrected chi connectivity index (χ3v) is 3.22. The van der Waals surface area contributed by atoms with Crippen LogP contribution in [0.2, 0.25) is 0 Å². The Balaban J connectivity index is 2.22. The van der Waals surface area contributed by atoms with Crippen LogP contribution in [0.3, 0.4) is 0 Å². The van der Waals surface area contributed by atoms with E-state index in [1.165, 1.54) is 6.42 Å². The molecule has 0 radical (unpaired) electrons. The van der Waals surface area contributed by atoms with Crippen molar-refractivity contribution in [1.82, 2.24) is 4.98 Å². The van der Waals surface area contributed by atoms with Crippen LogP contribution in [0.4, 0.5) is 0 Å². The summed E-state index contributed by atoms with van der Waals surface area (Å²) in [6.45, 7) is 2.18. The quantitative estimate of drug-likeness (QED) is 0.712. The van der Waals surface area contributed by atoms with Crippen LogP contribution in [0, 0.1) is 17.2 Å². The highest BCUT2D eigenvalue weighted by molar-refractivity contribution is 5.30. The largest absolute Gasteiger partial charge is 0.260 e. The zero-order chi connectivity index (χ0) is 10.0. The van der Waals surface area contributed by atoms with Gasteiger partial charge in [0.2, 0.25) is 0 Å². The van der Waals surface area contributed by atoms with Gasteiger partial charge in [-0.2, -0.15) is 5.26 Å². The summed E-state index contributed by atoms with van der Waals surface area (Å²) < 4.78 is 0. The predicted molar refractivity (Wildman–Crippen MR) is 54.5 cm³/mol. The van der Waals surface area contributed by atoms with Crippen molar-refractivity contribution in [2.45, 2.75) is 31.6 Å². The first-order chi connectivity index (χ1) is 6.80. The van der Waals surface area contributed by atoms with E-state index in [4.69, 9.17) is 0 Å². The third kappa shape index (κ3) is 1.29. The Bertz CT molecular complexity index is 344. The van der Waals surface area contributed by atoms with E-state index < -0.39 is 0 Å². The molecule has 0 amide bonds. The molecule has 1 aromatic rings. The number of hydrogen-bond acceptors (Lipinski definition) is 2. The molecule has 14 heavy (non-hydrogen) atoms. The van der Waals surface area contributed by atoms with E-state index in [1.54, 1.807) is 6.20 Å². The van der Waals surface area contributed by atoms with Crippen molar-refractivity contribution >= 4 is 0 Å². The molecule has 1 aliphatic rings. The van der Waals surface area contributed by atoms with Crippen molar-refractivity contribution in [3.8, 4) is 6.07 Å². The fourth-order valence-corrected chi connectivity index (χ4v) is 2.22. The number of nitrogens with zero attached hydrogens (tertiary/aromatic N) is 2. The van der Waals surface area contributed by atoms with Gasteiger partial charge in [0.1, 0.15) is 0 Å². The first-order valence-corrected chi connectivity index (χ1v) is 5.13. The molecule has 0 aliphatic heterocycles. The molecule has 0 saturated heterocycles. The second-order valence-electron chi connectivity index (χ2n) is 4.09. The van der Waals surface area contributed by atoms with Crippen molar-refractivity contribution in [2.24, 2.45) is 5.92 Å². The molecule has 0 aromatic carbocycles. The average molecular weight is 186 g/mol. The maximum atomic E-state index is 9.21. The summed E-state index contributed by atoms with van der Waals surface area (Å²) in [5.41, 5.74) is 0.675. The Morgan fingerprint density at radius 1 is 1.57 bits per heavy atom. The van der Waals surface area contributed by atoms with Gasteiger partial charge in [0.25, 0.3) is 0 Å². The number of aromatic nitrogens is 1. The maximum Gasteiger partial charge on any atom is 0.0998 e. The summed E-state index contributed by atoms with van der Waals surface area (Å²) in [5, 5.41) is 9.21. The van der Waals surface area contributed by atoms with Gasteiger partial charge in [0.15, 0.2) is 0 Å². The van der Waals surface area contributed by atoms with Crippen LogP contribution in [-0.2, 0) is 5.41 Å². The molecule has 72 valence electrons. The molecule has 0 bridgehead atoms. The minimum absolute atomic E-state index is 0.276. The van der Waals surface area contributed by atoms with Crippen LogP contribution in [0.5, 0.6) is 0 Å². The lowest BCUT2D eigenvalue weighted by Gasteiger charge is -2.41. The third-order valence-electron chi connectivity index (χ3n) is 3.22. The maximum absolute atomic E-state index is 9.21. The fourth-order valence-electron chi connectivity index (χ4n) is 2.22. The van der Waals surface area contributed by atoms with Crippen molar-refractivity contribution in [3.05, 3.63) is 30.1 Å². The van der Waals surface area contributed by atoms with Crippen molar-refractivity contribution in [2.75, 3.05) is 0 Å². The second kappa shape index (κ2) is 3.42. The number of hydrogen-bond donors (Lipinski definition) is 0. The monoisotopic (exact) mass is 186 g/mol. The van der Waals surface area contributed by atoms with E-state index in [9.17, 15) is 5.26 Å². The van der Waals surface area contributed by atoms with Crippen LogP contribution in [-0.4, -0.2) is 4.98 Å². The molecular formula is C12H14N2. The Labute approximate surface area is 84.6 Å². The van der Waals surface area contributed by atoms with E-state index in [1.807, 2.05) is 18.2 Å². The molecule has 2 heteroatoms. The van der Waals surface area contributed by atoms with Gasteiger partial charge in [-0.1, -0.05) is 19.4 Å². The fraction of sp³-hybridized carbons (Fsp3) is 0.500. The standard InChI is InChI=1S/C12H14N2/c1-2-10-7-12(8-10,9-13)11-5-3-4-6-14-11/h3-6,10H,2,7-8H2,1H3. The van der Waals surface area contributed by atoms with Gasteiger partial charge >= 0.3 is 0 Å². The number of pyridine rings is 1. The van der Waals surface area contributed by atoms with Crippen molar-refractivity contribution < 1.29 is 0 Å². The molecule has 0 unspecified atom stereocenters. The molecule has 0 atom stereocenters. The van der Waals surface area contributed by atoms with Crippen LogP contribution < -0.4 is 0 Å². The number of nitriles is 1. The Morgan fingerprint density at radius 2 is 2.36 bits per heavy atom. The highest BCUT2D eigenvalue weighted by Crippen LogP contribution is 2.47. The van der Waals surface area contributed by atoms with Crippen molar-refractivity contribution in [3.63, 3.8) is 0 Å². The van der Waals surface area contributed by atoms with Gasteiger partial charge in [0, 0.05) is 6.20 Å². The topological polar surface area (TPSA) is 36.7 Å². The summed E-state index contributed by atoms with van der Waals surface area (Å²) in [6, 6.07) is 8.25. The average Bonchev–Trinajstić information content (AvgIpc) is 2.19. The van der Waals surface area contributed by atoms with Crippen LogP contribution in [0.15, 0.2) is 24.4 Å². The zero-order valence-corrected chi connectivity index (χ0v) is 8.40. The van der Waals surface area contributed by atoms with Crippen molar-refractivity contribution in [1.29, 1.82) is 5.26 Å². The molecule has 1 heterocycles. The molecule has 2 rings (SSSR count). The Kier molecular flexibility index (Phi) is 2.25. The second-order valence-corrected chi connectivity index (χ2v) is 4.09. The first-order valence-electron chi connectivity index (χ1n) is 5.13. The lowest BCUT2D eigenvalue weighted by atomic mass is 9.60. The summed E-state index contributed by atoms with van der Waals surface area (Å²) in [5.74, 6) is 0.719. The number of rotatable bonds is 2. The van der Waals surface area contributed by atoms with Crippen LogP contribution >= 0.6 is 0 Å². The first kappa shape index (κ1) is 9.21. The zero-order valence-electron chi connectivity index (χ0n) is 8.40. The predicted octanol–water partition coefficient (Wildman–Crippen LogP) is 2.66. The smallest absolute Gasteiger partial charge is 0.0998 e. The van der Waals surface area contributed by atoms with Crippen LogP contribution in [0.1, 0.15) is 31.9 Å². The van der Waals surface area contributed by atoms with E-state index in [-0.39, 0.29) is 5.41 Å². The molecule has 0 N–H and O–H groups in total. The van der Waals surface area contributed by atoms with Crippen LogP contribution in [0.25, 0.3) is 0 Å². The molecule has 0 spiro atoms. The molecular weight excluding hydrogens is 172 g/mol. The highest BCUT2D eigenvalue weighted by Gasteiger charge is 2.46. The van der Waals surface area contributed by atoms with Gasteiger partial charge in [-0.15, -0.1) is 0 Å². The highest BCUT2D eigenvalue weighted by atomic mass is 14.7. The molecule has 1 fully saturated rings. The van der Waals surface area contributed by atoms with Gasteiger partial charge < -0.3 is 0 Å². The van der Waals surface area contributed by atoms with Gasteiger partial charge in [-0.05, 0) is 30.9 Å². The Hall–Kier alpha value is -1.36. The lowest BCUT2D eigenvalue weighted by Crippen LogP contribution is -2.40. The Morgan fingerprint density at radius 3 is 2.86 bits per heavy atom. The summed E-state index contributed by atoms with van der Waals surface area (Å²) in [4.78, 5) is 4.29. The molecule has 2 nitrogen and oxygen atoms in total. The van der Waals surface area contributed by atoms with E-state index in [0.717, 1.165) is 24.5 Å². The van der Waals surface area contributed by atoms with E-state index in [0.29, 0.717) is 0 Å². The van der Waals surface area contributed by atoms with Gasteiger partial charge in [-0.3, -0.25) is 4.98 Å². The minimum Gasteiger partial charge on any atom is -0.260 e. The van der Waals surface area contributed by atoms with E-state index >= 15 is 0 Å². The summed E-state index contributed by atoms with van der Waals surface area (Å²) in [6.07, 6.45) is 4.91. The molecule has 1 aliphatic carbocycles. The summed E-state index contributed by atoms with van der Waals surface area (Å²) >= 11 is 0. The normalized spacial score (nSPS) is 30.4. The summed E-state index contributed by atoms with van der Waals surface area (Å²) in [7, 11) is 0. The molecule has 1 saturated carbocycles. The van der Waals surface area contributed by atoms with E-state index in [2.05, 4.69) is 18.0 Å². The molecule has 1 aromatic heterocycles. The minimum atomic E-state index is -0.276. The van der Waals surface area contributed by atoms with Gasteiger partial charge in [0.05, 0.1) is 17.2 Å². The lowest BCUT2D eigenvalue weighted by molar-refractivity contribution is 0.187.